The van der Waals surface area contributed by atoms with Gasteiger partial charge in [-0.3, -0.25) is 0 Å². The summed E-state index contributed by atoms with van der Waals surface area (Å²) in [6.07, 6.45) is 9.32. The van der Waals surface area contributed by atoms with Crippen LogP contribution < -0.4 is 10.6 Å². The third-order valence-electron chi connectivity index (χ3n) is 13.6. The van der Waals surface area contributed by atoms with E-state index in [1.807, 2.05) is 136 Å². The highest BCUT2D eigenvalue weighted by Gasteiger charge is 2.34. The lowest BCUT2D eigenvalue weighted by Crippen LogP contribution is -2.52. The summed E-state index contributed by atoms with van der Waals surface area (Å²) in [6, 6.07) is 17.5. The van der Waals surface area contributed by atoms with Crippen LogP contribution in [-0.2, 0) is 21.0 Å². The zero-order chi connectivity index (χ0) is 59.3. The lowest BCUT2D eigenvalue weighted by Gasteiger charge is -2.36. The number of hydrogen-bond donors (Lipinski definition) is 5. The Hall–Kier alpha value is -8.94. The number of rotatable bonds is 9. The Morgan fingerprint density at radius 3 is 1.60 bits per heavy atom. The standard InChI is InChI=1S/C32H35N7O4.C26H31N7O4.O2S/c1-19-14-33-30(34-21-13-23(40)16-38(15-21)31(41)43-32(3,4)5)36-28(19)25-17-39(22-9-7-6-8-10-22)29-24(25)11-12-27(35-29)26-18-42-37-20(26)2;1-14-9-28-24(29-16-8-17(34)12-33(11-16)25(35)37-26(3,4)5)31-22(14)19-10-27-23-18(19)6-7-21(30-23)20-13-36-32-15(20)2;1-3-2/h6-12,14,17-18,21,23,40H,13,15-16H2,1-5H3,(H,33,34,36);6-7,9-10,13,16-17,34H,8,11-12H2,1-5H3,(H,27,30)(H,28,29,31);/t21-,23+;16-,17+;/m00./s1. The summed E-state index contributed by atoms with van der Waals surface area (Å²) < 4.78 is 39.9. The van der Waals surface area contributed by atoms with Gasteiger partial charge in [-0.25, -0.2) is 39.5 Å². The minimum atomic E-state index is -0.750. The van der Waals surface area contributed by atoms with Crippen LogP contribution >= 0.6 is 0 Å². The summed E-state index contributed by atoms with van der Waals surface area (Å²) >= 11 is -0.750. The van der Waals surface area contributed by atoms with Crippen molar-refractivity contribution in [2.75, 3.05) is 36.8 Å². The second-order valence-corrected chi connectivity index (χ2v) is 22.6. The van der Waals surface area contributed by atoms with Gasteiger partial charge in [0.15, 0.2) is 0 Å². The van der Waals surface area contributed by atoms with E-state index in [0.29, 0.717) is 37.8 Å². The molecule has 9 aromatic rings. The van der Waals surface area contributed by atoms with Crippen molar-refractivity contribution in [1.82, 2.24) is 59.6 Å². The molecule has 11 rings (SSSR count). The summed E-state index contributed by atoms with van der Waals surface area (Å²) in [6.45, 7) is 19.8. The fourth-order valence-electron chi connectivity index (χ4n) is 9.89. The lowest BCUT2D eigenvalue weighted by atomic mass is 10.0. The molecule has 2 amide bonds. The average Bonchev–Trinajstić information content (AvgIpc) is 4.47. The molecule has 2 fully saturated rings. The monoisotopic (exact) mass is 1150 g/mol. The van der Waals surface area contributed by atoms with Crippen molar-refractivity contribution in [3.8, 4) is 50.7 Å². The number of aromatic nitrogens is 10. The lowest BCUT2D eigenvalue weighted by molar-refractivity contribution is 0.00136. The van der Waals surface area contributed by atoms with E-state index in [9.17, 15) is 19.8 Å². The summed E-state index contributed by atoms with van der Waals surface area (Å²) in [7, 11) is 0. The van der Waals surface area contributed by atoms with Gasteiger partial charge >= 0.3 is 23.8 Å². The van der Waals surface area contributed by atoms with Crippen molar-refractivity contribution in [1.29, 1.82) is 0 Å². The largest absolute Gasteiger partial charge is 0.444 e. The Labute approximate surface area is 481 Å². The molecule has 10 heterocycles. The van der Waals surface area contributed by atoms with Crippen LogP contribution in [0.2, 0.25) is 0 Å². The highest BCUT2D eigenvalue weighted by molar-refractivity contribution is 7.51. The van der Waals surface area contributed by atoms with Gasteiger partial charge in [0, 0.05) is 77.5 Å². The number of fused-ring (bicyclic) bond motifs is 2. The number of nitrogens with zero attached hydrogens (tertiary/aromatic N) is 11. The number of β-amino-alcohol motifs (C(OH)–C–C–N with tert-alkyl or cyclic N) is 2. The van der Waals surface area contributed by atoms with Gasteiger partial charge in [-0.05, 0) is 130 Å². The Balaban J connectivity index is 0.000000193. The number of piperidine rings is 2. The maximum atomic E-state index is 12.7. The summed E-state index contributed by atoms with van der Waals surface area (Å²) in [5, 5.41) is 37.4. The van der Waals surface area contributed by atoms with Crippen molar-refractivity contribution in [2.45, 2.75) is 118 Å². The van der Waals surface area contributed by atoms with Gasteiger partial charge in [0.1, 0.15) is 35.0 Å². The summed E-state index contributed by atoms with van der Waals surface area (Å²) in [5.74, 6) is 0.831. The fraction of sp³-hybridized carbons (Fsp3) is 0.379. The number of aliphatic hydroxyl groups is 2. The smallest absolute Gasteiger partial charge is 0.410 e. The van der Waals surface area contributed by atoms with E-state index in [2.05, 4.69) is 40.5 Å². The number of anilines is 2. The van der Waals surface area contributed by atoms with Gasteiger partial charge in [-0.2, -0.15) is 8.42 Å². The molecule has 0 bridgehead atoms. The first kappa shape index (κ1) is 58.7. The minimum Gasteiger partial charge on any atom is -0.444 e. The number of aromatic amines is 1. The highest BCUT2D eigenvalue weighted by Crippen LogP contribution is 2.36. The van der Waals surface area contributed by atoms with E-state index in [1.165, 1.54) is 9.80 Å². The molecule has 1 aromatic carbocycles. The van der Waals surface area contributed by atoms with Crippen LogP contribution in [0.3, 0.4) is 0 Å². The zero-order valence-corrected chi connectivity index (χ0v) is 48.5. The number of para-hydroxylation sites is 1. The SMILES string of the molecule is Cc1cnc(N[C@H]2C[C@@H](O)CN(C(=O)OC(C)(C)C)C2)nc1-c1c[nH]c2nc(-c3conc3C)ccc12.Cc1cnc(N[C@H]2C[C@@H](O)CN(C(=O)OC(C)(C)C)C2)nc1-c1cn(-c2ccccc2)c2nc(-c3conc3C)ccc12.O=S=O. The van der Waals surface area contributed by atoms with Crippen LogP contribution in [0.15, 0.2) is 101 Å². The molecular weight excluding hydrogens is 1080 g/mol. The van der Waals surface area contributed by atoms with E-state index in [0.717, 1.165) is 95.3 Å². The Morgan fingerprint density at radius 2 is 1.12 bits per heavy atom. The van der Waals surface area contributed by atoms with Gasteiger partial charge in [0.25, 0.3) is 0 Å². The van der Waals surface area contributed by atoms with Crippen molar-refractivity contribution in [3.63, 3.8) is 0 Å². The molecule has 24 nitrogen and oxygen atoms in total. The quantitative estimate of drug-likeness (QED) is 0.0900. The number of pyridine rings is 2. The van der Waals surface area contributed by atoms with E-state index in [4.69, 9.17) is 46.9 Å². The number of H-pyrrole nitrogens is 1. The maximum Gasteiger partial charge on any atom is 0.410 e. The molecule has 0 saturated carbocycles. The Kier molecular flexibility index (Phi) is 17.4. The van der Waals surface area contributed by atoms with Gasteiger partial charge < -0.3 is 58.7 Å². The predicted molar refractivity (Wildman–Crippen MR) is 310 cm³/mol. The topological polar surface area (TPSA) is 308 Å². The van der Waals surface area contributed by atoms with Crippen LogP contribution in [-0.4, -0.2) is 152 Å². The Morgan fingerprint density at radius 1 is 0.639 bits per heavy atom. The van der Waals surface area contributed by atoms with E-state index in [1.54, 1.807) is 24.9 Å². The maximum absolute atomic E-state index is 12.7. The van der Waals surface area contributed by atoms with Crippen LogP contribution in [0.1, 0.15) is 76.9 Å². The molecule has 0 unspecified atom stereocenters. The molecule has 0 radical (unpaired) electrons. The second kappa shape index (κ2) is 24.6. The molecule has 0 spiro atoms. The minimum absolute atomic E-state index is 0.218. The highest BCUT2D eigenvalue weighted by atomic mass is 32.1. The molecule has 2 aliphatic heterocycles. The van der Waals surface area contributed by atoms with Gasteiger partial charge in [-0.1, -0.05) is 28.5 Å². The number of likely N-dealkylation sites (tertiary alicyclic amines) is 2. The fourth-order valence-corrected chi connectivity index (χ4v) is 9.89. The van der Waals surface area contributed by atoms with Gasteiger partial charge in [-0.15, -0.1) is 0 Å². The van der Waals surface area contributed by atoms with Crippen LogP contribution in [0, 0.1) is 27.7 Å². The molecule has 4 atom stereocenters. The number of ether oxygens (including phenoxy) is 2. The first-order chi connectivity index (χ1) is 39.5. The Bertz CT molecular complexity index is 3810. The molecule has 83 heavy (non-hydrogen) atoms. The van der Waals surface area contributed by atoms with Crippen LogP contribution in [0.5, 0.6) is 0 Å². The molecular formula is C58H66N14O10S. The number of benzene rings is 1. The van der Waals surface area contributed by atoms with Crippen molar-refractivity contribution in [3.05, 3.63) is 114 Å². The molecule has 0 aliphatic carbocycles. The first-order valence-corrected chi connectivity index (χ1v) is 27.5. The molecule has 25 heteroatoms. The average molecular weight is 1150 g/mol. The summed E-state index contributed by atoms with van der Waals surface area (Å²) in [4.78, 5) is 60.1. The summed E-state index contributed by atoms with van der Waals surface area (Å²) in [5.41, 5.74) is 11.1. The molecule has 2 saturated heterocycles. The predicted octanol–water partition coefficient (Wildman–Crippen LogP) is 8.94. The van der Waals surface area contributed by atoms with E-state index < -0.39 is 47.2 Å². The number of aliphatic hydroxyl groups excluding tert-OH is 2. The van der Waals surface area contributed by atoms with Crippen molar-refractivity contribution >= 4 is 57.7 Å². The molecule has 8 aromatic heterocycles. The van der Waals surface area contributed by atoms with Crippen LogP contribution in [0.4, 0.5) is 21.5 Å². The number of carbonyl (C=O) groups is 2. The van der Waals surface area contributed by atoms with Crippen molar-refractivity contribution < 1.29 is 46.7 Å². The number of carbonyl (C=O) groups excluding carboxylic acids is 2. The first-order valence-electron chi connectivity index (χ1n) is 26.9. The number of nitrogens with one attached hydrogen (secondary N) is 3. The van der Waals surface area contributed by atoms with E-state index >= 15 is 0 Å². The zero-order valence-electron chi connectivity index (χ0n) is 47.7. The molecule has 5 N–H and O–H groups in total. The van der Waals surface area contributed by atoms with Gasteiger partial charge in [0.2, 0.25) is 11.9 Å². The van der Waals surface area contributed by atoms with Crippen LogP contribution in [0.25, 0.3) is 72.8 Å². The van der Waals surface area contributed by atoms with E-state index in [-0.39, 0.29) is 25.2 Å². The third kappa shape index (κ3) is 14.0. The number of hydrogen-bond acceptors (Lipinski definition) is 20. The van der Waals surface area contributed by atoms with Gasteiger partial charge in [0.05, 0.1) is 70.6 Å². The number of aryl methyl sites for hydroxylation is 4. The number of amides is 2. The van der Waals surface area contributed by atoms with Crippen molar-refractivity contribution in [2.24, 2.45) is 0 Å². The molecule has 2 aliphatic rings. The third-order valence-corrected chi connectivity index (χ3v) is 13.6. The molecule has 434 valence electrons. The normalized spacial score (nSPS) is 17.3. The second-order valence-electron chi connectivity index (χ2n) is 22.5.